The van der Waals surface area contributed by atoms with E-state index in [1.165, 1.54) is 12.1 Å². The average Bonchev–Trinajstić information content (AvgIpc) is 3.46. The zero-order valence-electron chi connectivity index (χ0n) is 23.5. The van der Waals surface area contributed by atoms with Crippen molar-refractivity contribution in [3.8, 4) is 5.75 Å². The summed E-state index contributed by atoms with van der Waals surface area (Å²) in [5, 5.41) is 17.0. The third kappa shape index (κ3) is 8.31. The molecule has 0 saturated carbocycles. The first kappa shape index (κ1) is 30.5. The zero-order valence-corrected chi connectivity index (χ0v) is 23.5. The van der Waals surface area contributed by atoms with Crippen molar-refractivity contribution in [1.29, 1.82) is 0 Å². The highest BCUT2D eigenvalue weighted by molar-refractivity contribution is 5.96. The maximum absolute atomic E-state index is 13.9. The average molecular weight is 577 g/mol. The van der Waals surface area contributed by atoms with Crippen LogP contribution in [0, 0.1) is 11.6 Å². The van der Waals surface area contributed by atoms with Gasteiger partial charge in [0.25, 0.3) is 5.91 Å². The second-order valence-electron chi connectivity index (χ2n) is 9.95. The lowest BCUT2D eigenvalue weighted by atomic mass is 9.99. The number of aromatic nitrogens is 2. The molecule has 4 rings (SSSR count). The van der Waals surface area contributed by atoms with Crippen LogP contribution in [0.15, 0.2) is 79.1 Å². The maximum atomic E-state index is 13.9. The standard InChI is InChI=1S/C32H34F2N4O4/c1-3-38-11-10-36-31(38)29(39)17-21-6-4-8-24(12-21)32(41)37-28(16-23-13-25(33)18-26(34)14-23)30(40)20-35-19-22-7-5-9-27(15-22)42-2/h4-15,18,28,30,35,40H,3,16-17,19-20H2,1-2H3,(H,37,41)/t28-,30+/m0/s1. The Balaban J connectivity index is 1.46. The summed E-state index contributed by atoms with van der Waals surface area (Å²) in [5.41, 5.74) is 2.13. The number of methoxy groups -OCH3 is 1. The second kappa shape index (κ2) is 14.5. The molecule has 3 N–H and O–H groups in total. The van der Waals surface area contributed by atoms with E-state index in [4.69, 9.17) is 4.74 Å². The van der Waals surface area contributed by atoms with Crippen molar-refractivity contribution < 1.29 is 28.2 Å². The summed E-state index contributed by atoms with van der Waals surface area (Å²) < 4.78 is 34.8. The number of ether oxygens (including phenoxy) is 1. The Bertz CT molecular complexity index is 1500. The molecule has 0 aliphatic heterocycles. The molecule has 2 atom stereocenters. The van der Waals surface area contributed by atoms with Crippen molar-refractivity contribution in [3.05, 3.63) is 119 Å². The molecule has 10 heteroatoms. The smallest absolute Gasteiger partial charge is 0.251 e. The normalized spacial score (nSPS) is 12.5. The molecule has 0 bridgehead atoms. The second-order valence-corrected chi connectivity index (χ2v) is 9.95. The zero-order chi connectivity index (χ0) is 30.1. The summed E-state index contributed by atoms with van der Waals surface area (Å²) in [6, 6.07) is 16.3. The highest BCUT2D eigenvalue weighted by atomic mass is 19.1. The minimum atomic E-state index is -1.09. The largest absolute Gasteiger partial charge is 0.497 e. The van der Waals surface area contributed by atoms with Crippen molar-refractivity contribution in [2.75, 3.05) is 13.7 Å². The summed E-state index contributed by atoms with van der Waals surface area (Å²) in [6.07, 6.45) is 2.26. The summed E-state index contributed by atoms with van der Waals surface area (Å²) in [7, 11) is 1.58. The number of nitrogens with zero attached hydrogens (tertiary/aromatic N) is 2. The number of Topliss-reactive ketones (excluding diaryl/α,β-unsaturated/α-hetero) is 1. The summed E-state index contributed by atoms with van der Waals surface area (Å²) in [6.45, 7) is 3.05. The quantitative estimate of drug-likeness (QED) is 0.195. The molecule has 0 aliphatic rings. The first-order chi connectivity index (χ1) is 20.2. The lowest BCUT2D eigenvalue weighted by Gasteiger charge is -2.25. The molecular weight excluding hydrogens is 542 g/mol. The van der Waals surface area contributed by atoms with Gasteiger partial charge in [0.05, 0.1) is 19.3 Å². The third-order valence-electron chi connectivity index (χ3n) is 6.84. The number of aryl methyl sites for hydroxylation is 1. The Hall–Kier alpha value is -4.41. The Morgan fingerprint density at radius 2 is 1.74 bits per heavy atom. The number of hydrogen-bond donors (Lipinski definition) is 3. The number of nitrogens with one attached hydrogen (secondary N) is 2. The molecule has 0 saturated heterocycles. The molecule has 1 aromatic heterocycles. The number of benzene rings is 3. The monoisotopic (exact) mass is 576 g/mol. The van der Waals surface area contributed by atoms with E-state index in [2.05, 4.69) is 15.6 Å². The Morgan fingerprint density at radius 3 is 2.48 bits per heavy atom. The van der Waals surface area contributed by atoms with Gasteiger partial charge in [0, 0.05) is 50.1 Å². The summed E-state index contributed by atoms with van der Waals surface area (Å²) in [5.74, 6) is -1.12. The van der Waals surface area contributed by atoms with E-state index in [0.29, 0.717) is 30.2 Å². The molecular formula is C32H34F2N4O4. The number of halogens is 2. The van der Waals surface area contributed by atoms with Crippen LogP contribution in [0.4, 0.5) is 8.78 Å². The number of hydrogen-bond acceptors (Lipinski definition) is 6. The Morgan fingerprint density at radius 1 is 1.00 bits per heavy atom. The maximum Gasteiger partial charge on any atom is 0.251 e. The number of imidazole rings is 1. The van der Waals surface area contributed by atoms with Gasteiger partial charge in [-0.15, -0.1) is 0 Å². The number of carbonyl (C=O) groups is 2. The van der Waals surface area contributed by atoms with E-state index in [1.54, 1.807) is 48.3 Å². The molecule has 4 aromatic rings. The molecule has 0 fully saturated rings. The van der Waals surface area contributed by atoms with Crippen LogP contribution in [0.5, 0.6) is 5.75 Å². The fourth-order valence-electron chi connectivity index (χ4n) is 4.71. The van der Waals surface area contributed by atoms with Gasteiger partial charge in [-0.25, -0.2) is 13.8 Å². The number of aliphatic hydroxyl groups excluding tert-OH is 1. The van der Waals surface area contributed by atoms with E-state index in [-0.39, 0.29) is 36.3 Å². The predicted octanol–water partition coefficient (Wildman–Crippen LogP) is 4.11. The molecule has 0 radical (unpaired) electrons. The van der Waals surface area contributed by atoms with Crippen LogP contribution in [-0.2, 0) is 25.9 Å². The fourth-order valence-corrected chi connectivity index (χ4v) is 4.71. The lowest BCUT2D eigenvalue weighted by molar-refractivity contribution is 0.0829. The van der Waals surface area contributed by atoms with Gasteiger partial charge < -0.3 is 25.0 Å². The minimum absolute atomic E-state index is 0.0136. The molecule has 0 unspecified atom stereocenters. The van der Waals surface area contributed by atoms with E-state index in [1.807, 2.05) is 31.2 Å². The van der Waals surface area contributed by atoms with Crippen molar-refractivity contribution in [2.45, 2.75) is 45.0 Å². The predicted molar refractivity (Wildman–Crippen MR) is 154 cm³/mol. The van der Waals surface area contributed by atoms with Crippen molar-refractivity contribution in [2.24, 2.45) is 0 Å². The van der Waals surface area contributed by atoms with Crippen molar-refractivity contribution >= 4 is 11.7 Å². The van der Waals surface area contributed by atoms with Gasteiger partial charge >= 0.3 is 0 Å². The molecule has 1 amide bonds. The van der Waals surface area contributed by atoms with E-state index < -0.39 is 29.7 Å². The van der Waals surface area contributed by atoms with E-state index >= 15 is 0 Å². The molecule has 0 aliphatic carbocycles. The minimum Gasteiger partial charge on any atom is -0.497 e. The highest BCUT2D eigenvalue weighted by Gasteiger charge is 2.23. The van der Waals surface area contributed by atoms with Gasteiger partial charge in [0.1, 0.15) is 17.4 Å². The number of amides is 1. The van der Waals surface area contributed by atoms with Crippen LogP contribution in [0.1, 0.15) is 44.6 Å². The summed E-state index contributed by atoms with van der Waals surface area (Å²) >= 11 is 0. The summed E-state index contributed by atoms with van der Waals surface area (Å²) in [4.78, 5) is 30.3. The lowest BCUT2D eigenvalue weighted by Crippen LogP contribution is -2.48. The van der Waals surface area contributed by atoms with Crippen molar-refractivity contribution in [3.63, 3.8) is 0 Å². The molecule has 1 heterocycles. The number of rotatable bonds is 14. The van der Waals surface area contributed by atoms with E-state index in [0.717, 1.165) is 11.6 Å². The van der Waals surface area contributed by atoms with Gasteiger partial charge in [-0.3, -0.25) is 9.59 Å². The van der Waals surface area contributed by atoms with Crippen LogP contribution < -0.4 is 15.4 Å². The third-order valence-corrected chi connectivity index (χ3v) is 6.84. The Labute approximate surface area is 243 Å². The first-order valence-electron chi connectivity index (χ1n) is 13.7. The van der Waals surface area contributed by atoms with Crippen LogP contribution in [0.25, 0.3) is 0 Å². The number of carbonyl (C=O) groups excluding carboxylic acids is 2. The highest BCUT2D eigenvalue weighted by Crippen LogP contribution is 2.15. The van der Waals surface area contributed by atoms with Gasteiger partial charge in [0.2, 0.25) is 5.78 Å². The SMILES string of the molecule is CCn1ccnc1C(=O)Cc1cccc(C(=O)N[C@@H](Cc2cc(F)cc(F)c2)[C@H](O)CNCc2cccc(OC)c2)c1. The molecule has 0 spiro atoms. The molecule has 42 heavy (non-hydrogen) atoms. The fraction of sp³-hybridized carbons (Fsp3) is 0.281. The topological polar surface area (TPSA) is 105 Å². The van der Waals surface area contributed by atoms with Crippen LogP contribution in [0.3, 0.4) is 0 Å². The van der Waals surface area contributed by atoms with Crippen LogP contribution in [-0.4, -0.2) is 52.1 Å². The van der Waals surface area contributed by atoms with Gasteiger partial charge in [-0.2, -0.15) is 0 Å². The molecule has 220 valence electrons. The van der Waals surface area contributed by atoms with Gasteiger partial charge in [-0.05, 0) is 66.4 Å². The molecule has 8 nitrogen and oxygen atoms in total. The van der Waals surface area contributed by atoms with Gasteiger partial charge in [0.15, 0.2) is 5.82 Å². The molecule has 3 aromatic carbocycles. The van der Waals surface area contributed by atoms with Gasteiger partial charge in [-0.1, -0.05) is 24.3 Å². The number of aliphatic hydroxyl groups is 1. The number of ketones is 1. The van der Waals surface area contributed by atoms with Crippen molar-refractivity contribution in [1.82, 2.24) is 20.2 Å². The van der Waals surface area contributed by atoms with Crippen LogP contribution in [0.2, 0.25) is 0 Å². The Kier molecular flexibility index (Phi) is 10.5. The first-order valence-corrected chi connectivity index (χ1v) is 13.7. The van der Waals surface area contributed by atoms with E-state index in [9.17, 15) is 23.5 Å². The van der Waals surface area contributed by atoms with Crippen LogP contribution >= 0.6 is 0 Å².